The van der Waals surface area contributed by atoms with E-state index in [9.17, 15) is 5.11 Å². The quantitative estimate of drug-likeness (QED) is 0.633. The Balaban J connectivity index is 3.30. The first-order valence-electron chi connectivity index (χ1n) is 3.84. The minimum absolute atomic E-state index is 0.404. The smallest absolute Gasteiger partial charge is 0.0902 e. The van der Waals surface area contributed by atoms with E-state index in [0.717, 1.165) is 12.8 Å². The molecule has 0 bridgehead atoms. The summed E-state index contributed by atoms with van der Waals surface area (Å²) < 4.78 is 0. The summed E-state index contributed by atoms with van der Waals surface area (Å²) in [5, 5.41) is 10.6. The molecule has 0 fully saturated rings. The maximum absolute atomic E-state index is 10.6. The molecular weight excluding hydrogens is 192 g/mol. The molecule has 0 aliphatic rings. The van der Waals surface area contributed by atoms with Crippen molar-refractivity contribution in [1.82, 2.24) is 0 Å². The second kappa shape index (κ2) is 5.14. The van der Waals surface area contributed by atoms with Gasteiger partial charge in [-0.05, 0) is 25.7 Å². The van der Waals surface area contributed by atoms with E-state index in [1.165, 1.54) is 0 Å². The predicted octanol–water partition coefficient (Wildman–Crippen LogP) is 3.01. The highest BCUT2D eigenvalue weighted by atomic mass is 79.9. The molecule has 0 aromatic heterocycles. The summed E-state index contributed by atoms with van der Waals surface area (Å²) in [6.07, 6.45) is 1.38. The van der Waals surface area contributed by atoms with E-state index >= 15 is 0 Å². The van der Waals surface area contributed by atoms with Crippen molar-refractivity contribution >= 4 is 15.9 Å². The summed E-state index contributed by atoms with van der Waals surface area (Å²) in [6.45, 7) is 6.05. The highest BCUT2D eigenvalue weighted by Gasteiger charge is 2.09. The zero-order valence-electron chi connectivity index (χ0n) is 6.93. The van der Waals surface area contributed by atoms with E-state index < -0.39 is 6.10 Å². The van der Waals surface area contributed by atoms with Crippen LogP contribution < -0.4 is 0 Å². The fourth-order valence-corrected chi connectivity index (χ4v) is 0.992. The number of halogens is 1. The van der Waals surface area contributed by atoms with Crippen LogP contribution >= 0.6 is 15.9 Å². The average Bonchev–Trinajstić information content (AvgIpc) is 1.82. The van der Waals surface area contributed by atoms with E-state index in [0.29, 0.717) is 10.7 Å². The SMILES string of the molecule is CC([O])CCC(Br)C(C)C. The fourth-order valence-electron chi connectivity index (χ4n) is 0.727. The summed E-state index contributed by atoms with van der Waals surface area (Å²) in [5.41, 5.74) is 0. The molecule has 0 saturated heterocycles. The third kappa shape index (κ3) is 5.24. The summed E-state index contributed by atoms with van der Waals surface area (Å²) in [6, 6.07) is 0. The second-order valence-electron chi connectivity index (χ2n) is 3.15. The normalized spacial score (nSPS) is 17.4. The number of hydrogen-bond acceptors (Lipinski definition) is 0. The average molecular weight is 208 g/mol. The molecule has 2 unspecified atom stereocenters. The third-order valence-electron chi connectivity index (χ3n) is 1.57. The van der Waals surface area contributed by atoms with Gasteiger partial charge >= 0.3 is 0 Å². The van der Waals surface area contributed by atoms with Crippen molar-refractivity contribution < 1.29 is 5.11 Å². The van der Waals surface area contributed by atoms with Gasteiger partial charge in [-0.2, -0.15) is 0 Å². The van der Waals surface area contributed by atoms with Gasteiger partial charge < -0.3 is 0 Å². The van der Waals surface area contributed by atoms with Gasteiger partial charge in [0, 0.05) is 4.83 Å². The van der Waals surface area contributed by atoms with Crippen molar-refractivity contribution in [3.63, 3.8) is 0 Å². The number of hydrogen-bond donors (Lipinski definition) is 0. The maximum Gasteiger partial charge on any atom is 0.0902 e. The minimum Gasteiger partial charge on any atom is -0.233 e. The van der Waals surface area contributed by atoms with Crippen LogP contribution in [0, 0.1) is 5.92 Å². The van der Waals surface area contributed by atoms with Gasteiger partial charge in [-0.25, -0.2) is 5.11 Å². The lowest BCUT2D eigenvalue weighted by Crippen LogP contribution is -2.09. The molecule has 10 heavy (non-hydrogen) atoms. The van der Waals surface area contributed by atoms with Crippen LogP contribution in [0.4, 0.5) is 0 Å². The van der Waals surface area contributed by atoms with E-state index in [1.807, 2.05) is 0 Å². The molecule has 0 aromatic carbocycles. The number of rotatable bonds is 4. The predicted molar refractivity (Wildman–Crippen MR) is 46.9 cm³/mol. The summed E-state index contributed by atoms with van der Waals surface area (Å²) in [4.78, 5) is 0.517. The first kappa shape index (κ1) is 10.4. The lowest BCUT2D eigenvalue weighted by molar-refractivity contribution is 0.0949. The van der Waals surface area contributed by atoms with Gasteiger partial charge in [-0.15, -0.1) is 0 Å². The molecule has 2 atom stereocenters. The summed E-state index contributed by atoms with van der Waals surface area (Å²) in [7, 11) is 0. The molecule has 2 heteroatoms. The zero-order chi connectivity index (χ0) is 8.15. The van der Waals surface area contributed by atoms with Crippen LogP contribution in [0.3, 0.4) is 0 Å². The van der Waals surface area contributed by atoms with Crippen molar-refractivity contribution in [2.75, 3.05) is 0 Å². The third-order valence-corrected chi connectivity index (χ3v) is 3.09. The first-order valence-corrected chi connectivity index (χ1v) is 4.75. The Morgan fingerprint density at radius 3 is 2.00 bits per heavy atom. The van der Waals surface area contributed by atoms with Crippen LogP contribution in [-0.4, -0.2) is 10.9 Å². The molecule has 0 saturated carbocycles. The zero-order valence-corrected chi connectivity index (χ0v) is 8.52. The van der Waals surface area contributed by atoms with Crippen LogP contribution in [0.15, 0.2) is 0 Å². The fraction of sp³-hybridized carbons (Fsp3) is 1.00. The van der Waals surface area contributed by atoms with Crippen LogP contribution in [0.25, 0.3) is 0 Å². The standard InChI is InChI=1S/C8H16BrO/c1-6(2)8(9)5-4-7(3)10/h6-8H,4-5H2,1-3H3. The van der Waals surface area contributed by atoms with Gasteiger partial charge in [0.15, 0.2) is 0 Å². The molecule has 0 spiro atoms. The molecule has 1 nitrogen and oxygen atoms in total. The molecule has 0 heterocycles. The molecule has 1 radical (unpaired) electrons. The lowest BCUT2D eigenvalue weighted by Gasteiger charge is -2.13. The van der Waals surface area contributed by atoms with Gasteiger partial charge in [-0.1, -0.05) is 29.8 Å². The van der Waals surface area contributed by atoms with Gasteiger partial charge in [0.1, 0.15) is 0 Å². The van der Waals surface area contributed by atoms with Crippen molar-refractivity contribution in [2.24, 2.45) is 5.92 Å². The molecule has 0 aliphatic heterocycles. The van der Waals surface area contributed by atoms with Gasteiger partial charge in [0.2, 0.25) is 0 Å². The summed E-state index contributed by atoms with van der Waals surface area (Å²) >= 11 is 3.53. The minimum atomic E-state index is -0.404. The monoisotopic (exact) mass is 207 g/mol. The van der Waals surface area contributed by atoms with Gasteiger partial charge in [0.05, 0.1) is 6.10 Å². The van der Waals surface area contributed by atoms with E-state index in [1.54, 1.807) is 6.92 Å². The maximum atomic E-state index is 10.6. The van der Waals surface area contributed by atoms with Crippen molar-refractivity contribution in [3.05, 3.63) is 0 Å². The molecular formula is C8H16BrO. The van der Waals surface area contributed by atoms with E-state index in [-0.39, 0.29) is 0 Å². The van der Waals surface area contributed by atoms with Crippen molar-refractivity contribution in [2.45, 2.75) is 44.5 Å². The lowest BCUT2D eigenvalue weighted by atomic mass is 10.0. The summed E-state index contributed by atoms with van der Waals surface area (Å²) in [5.74, 6) is 0.638. The van der Waals surface area contributed by atoms with Crippen LogP contribution in [-0.2, 0) is 5.11 Å². The Kier molecular flexibility index (Phi) is 5.36. The molecule has 0 N–H and O–H groups in total. The van der Waals surface area contributed by atoms with Crippen molar-refractivity contribution in [1.29, 1.82) is 0 Å². The topological polar surface area (TPSA) is 19.9 Å². The Morgan fingerprint density at radius 1 is 1.20 bits per heavy atom. The Hall–Kier alpha value is 0.440. The Morgan fingerprint density at radius 2 is 1.70 bits per heavy atom. The van der Waals surface area contributed by atoms with Gasteiger partial charge in [0.25, 0.3) is 0 Å². The van der Waals surface area contributed by atoms with E-state index in [2.05, 4.69) is 29.8 Å². The molecule has 0 rings (SSSR count). The van der Waals surface area contributed by atoms with Crippen LogP contribution in [0.5, 0.6) is 0 Å². The largest absolute Gasteiger partial charge is 0.233 e. The molecule has 0 aliphatic carbocycles. The molecule has 0 aromatic rings. The molecule has 61 valence electrons. The second-order valence-corrected chi connectivity index (χ2v) is 4.32. The van der Waals surface area contributed by atoms with Crippen LogP contribution in [0.1, 0.15) is 33.6 Å². The highest BCUT2D eigenvalue weighted by molar-refractivity contribution is 9.09. The van der Waals surface area contributed by atoms with Crippen molar-refractivity contribution in [3.8, 4) is 0 Å². The first-order chi connectivity index (χ1) is 4.54. The Labute approximate surface area is 72.0 Å². The van der Waals surface area contributed by atoms with Gasteiger partial charge in [-0.3, -0.25) is 0 Å². The number of alkyl halides is 1. The molecule has 0 amide bonds. The van der Waals surface area contributed by atoms with E-state index in [4.69, 9.17) is 0 Å². The highest BCUT2D eigenvalue weighted by Crippen LogP contribution is 2.18. The Bertz CT molecular complexity index is 81.3. The van der Waals surface area contributed by atoms with Crippen LogP contribution in [0.2, 0.25) is 0 Å².